The average Bonchev–Trinajstić information content (AvgIpc) is 3.10. The Kier molecular flexibility index (Phi) is 4.12. The number of nitrogens with zero attached hydrogens (tertiary/aromatic N) is 2. The summed E-state index contributed by atoms with van der Waals surface area (Å²) < 4.78 is 1.90. The fraction of sp³-hybridized carbons (Fsp3) is 0.188. The van der Waals surface area contributed by atoms with Crippen molar-refractivity contribution in [3.8, 4) is 11.3 Å². The summed E-state index contributed by atoms with van der Waals surface area (Å²) in [5, 5.41) is 4.47. The van der Waals surface area contributed by atoms with Crippen molar-refractivity contribution < 1.29 is 9.59 Å². The van der Waals surface area contributed by atoms with Crippen LogP contribution in [0.3, 0.4) is 0 Å². The minimum atomic E-state index is -0.681. The molecular formula is C16H16N4O2S. The van der Waals surface area contributed by atoms with Crippen LogP contribution in [-0.4, -0.2) is 27.2 Å². The van der Waals surface area contributed by atoms with Crippen LogP contribution in [0.1, 0.15) is 12.6 Å². The van der Waals surface area contributed by atoms with Crippen LogP contribution in [0.2, 0.25) is 0 Å². The molecule has 3 rings (SSSR count). The van der Waals surface area contributed by atoms with Crippen LogP contribution in [0.25, 0.3) is 16.2 Å². The summed E-state index contributed by atoms with van der Waals surface area (Å²) in [4.78, 5) is 28.4. The van der Waals surface area contributed by atoms with Gasteiger partial charge in [0.1, 0.15) is 6.04 Å². The molecule has 0 radical (unpaired) electrons. The number of fused-ring (bicyclic) bond motifs is 1. The second-order valence-corrected chi connectivity index (χ2v) is 6.08. The number of hydrogen-bond donors (Lipinski definition) is 2. The first kappa shape index (κ1) is 15.2. The molecule has 0 aliphatic carbocycles. The molecule has 2 amide bonds. The number of amides is 2. The topological polar surface area (TPSA) is 89.5 Å². The summed E-state index contributed by atoms with van der Waals surface area (Å²) in [6.45, 7) is 1.56. The molecule has 0 bridgehead atoms. The molecule has 7 heteroatoms. The van der Waals surface area contributed by atoms with E-state index in [1.165, 1.54) is 11.3 Å². The van der Waals surface area contributed by atoms with Gasteiger partial charge in [-0.15, -0.1) is 11.3 Å². The molecule has 3 aromatic rings. The molecule has 2 heterocycles. The van der Waals surface area contributed by atoms with Crippen molar-refractivity contribution in [2.45, 2.75) is 19.4 Å². The quantitative estimate of drug-likeness (QED) is 0.745. The van der Waals surface area contributed by atoms with Crippen molar-refractivity contribution in [2.75, 3.05) is 0 Å². The Bertz CT molecular complexity index is 853. The molecule has 0 unspecified atom stereocenters. The van der Waals surface area contributed by atoms with Gasteiger partial charge < -0.3 is 11.1 Å². The summed E-state index contributed by atoms with van der Waals surface area (Å²) in [6, 6.07) is 9.18. The Morgan fingerprint density at radius 1 is 1.35 bits per heavy atom. The van der Waals surface area contributed by atoms with E-state index >= 15 is 0 Å². The molecule has 0 fully saturated rings. The van der Waals surface area contributed by atoms with Crippen molar-refractivity contribution in [1.29, 1.82) is 0 Å². The van der Waals surface area contributed by atoms with Gasteiger partial charge in [0, 0.05) is 22.8 Å². The number of carbonyl (C=O) groups excluding carboxylic acids is 2. The van der Waals surface area contributed by atoms with Crippen molar-refractivity contribution in [3.05, 3.63) is 47.6 Å². The van der Waals surface area contributed by atoms with Crippen molar-refractivity contribution in [2.24, 2.45) is 5.73 Å². The van der Waals surface area contributed by atoms with Gasteiger partial charge in [-0.2, -0.15) is 0 Å². The summed E-state index contributed by atoms with van der Waals surface area (Å²) >= 11 is 1.48. The van der Waals surface area contributed by atoms with Gasteiger partial charge in [0.05, 0.1) is 12.1 Å². The Balaban J connectivity index is 1.81. The van der Waals surface area contributed by atoms with Gasteiger partial charge in [-0.3, -0.25) is 14.0 Å². The number of primary amides is 1. The van der Waals surface area contributed by atoms with E-state index in [4.69, 9.17) is 5.73 Å². The van der Waals surface area contributed by atoms with Crippen LogP contribution in [-0.2, 0) is 16.0 Å². The lowest BCUT2D eigenvalue weighted by molar-refractivity contribution is -0.126. The van der Waals surface area contributed by atoms with E-state index in [1.807, 2.05) is 46.3 Å². The summed E-state index contributed by atoms with van der Waals surface area (Å²) in [6.07, 6.45) is 2.09. The van der Waals surface area contributed by atoms with Crippen molar-refractivity contribution in [3.63, 3.8) is 0 Å². The number of hydrogen-bond acceptors (Lipinski definition) is 4. The van der Waals surface area contributed by atoms with Crippen LogP contribution in [0, 0.1) is 0 Å². The third-order valence-electron chi connectivity index (χ3n) is 3.50. The molecule has 0 aliphatic heterocycles. The molecule has 1 atom stereocenters. The molecule has 23 heavy (non-hydrogen) atoms. The largest absolute Gasteiger partial charge is 0.368 e. The molecular weight excluding hydrogens is 312 g/mol. The number of thiazole rings is 1. The highest BCUT2D eigenvalue weighted by atomic mass is 32.1. The van der Waals surface area contributed by atoms with Gasteiger partial charge in [-0.1, -0.05) is 30.3 Å². The first-order chi connectivity index (χ1) is 11.0. The lowest BCUT2D eigenvalue weighted by Gasteiger charge is -2.09. The number of aromatic nitrogens is 2. The van der Waals surface area contributed by atoms with Gasteiger partial charge in [0.2, 0.25) is 11.8 Å². The maximum atomic E-state index is 12.0. The van der Waals surface area contributed by atoms with E-state index in [-0.39, 0.29) is 12.3 Å². The molecule has 118 valence electrons. The maximum absolute atomic E-state index is 12.0. The van der Waals surface area contributed by atoms with E-state index in [0.29, 0.717) is 0 Å². The van der Waals surface area contributed by atoms with Gasteiger partial charge in [0.15, 0.2) is 4.96 Å². The molecule has 0 saturated carbocycles. The van der Waals surface area contributed by atoms with Crippen LogP contribution >= 0.6 is 11.3 Å². The lowest BCUT2D eigenvalue weighted by Crippen LogP contribution is -2.42. The fourth-order valence-electron chi connectivity index (χ4n) is 2.23. The zero-order valence-corrected chi connectivity index (χ0v) is 13.3. The third-order valence-corrected chi connectivity index (χ3v) is 4.39. The molecule has 1 aromatic carbocycles. The van der Waals surface area contributed by atoms with Gasteiger partial charge >= 0.3 is 0 Å². The van der Waals surface area contributed by atoms with Crippen LogP contribution in [0.4, 0.5) is 0 Å². The van der Waals surface area contributed by atoms with Gasteiger partial charge in [-0.25, -0.2) is 4.98 Å². The second kappa shape index (κ2) is 6.21. The summed E-state index contributed by atoms with van der Waals surface area (Å²) in [5.74, 6) is -0.797. The highest BCUT2D eigenvalue weighted by Crippen LogP contribution is 2.23. The Morgan fingerprint density at radius 3 is 2.78 bits per heavy atom. The third kappa shape index (κ3) is 3.24. The predicted molar refractivity (Wildman–Crippen MR) is 89.0 cm³/mol. The summed E-state index contributed by atoms with van der Waals surface area (Å²) in [7, 11) is 0. The van der Waals surface area contributed by atoms with Crippen LogP contribution < -0.4 is 11.1 Å². The van der Waals surface area contributed by atoms with Crippen molar-refractivity contribution in [1.82, 2.24) is 14.7 Å². The SMILES string of the molecule is C[C@@H](NC(=O)Cc1csc2nc(-c3ccccc3)cn12)C(N)=O. The predicted octanol–water partition coefficient (Wildman–Crippen LogP) is 1.60. The molecule has 0 aliphatic rings. The van der Waals surface area contributed by atoms with E-state index in [2.05, 4.69) is 10.3 Å². The number of carbonyl (C=O) groups is 2. The number of nitrogens with one attached hydrogen (secondary N) is 1. The molecule has 0 saturated heterocycles. The standard InChI is InChI=1S/C16H16N4O2S/c1-10(15(17)22)18-14(21)7-12-9-23-16-19-13(8-20(12)16)11-5-3-2-4-6-11/h2-6,8-10H,7H2,1H3,(H2,17,22)(H,18,21)/t10-/m1/s1. The number of benzene rings is 1. The van der Waals surface area contributed by atoms with Gasteiger partial charge in [0.25, 0.3) is 0 Å². The van der Waals surface area contributed by atoms with E-state index < -0.39 is 11.9 Å². The first-order valence-corrected chi connectivity index (χ1v) is 8.02. The number of imidazole rings is 1. The van der Waals surface area contributed by atoms with Crippen LogP contribution in [0.5, 0.6) is 0 Å². The smallest absolute Gasteiger partial charge is 0.239 e. The van der Waals surface area contributed by atoms with E-state index in [9.17, 15) is 9.59 Å². The highest BCUT2D eigenvalue weighted by Gasteiger charge is 2.15. The second-order valence-electron chi connectivity index (χ2n) is 5.24. The first-order valence-electron chi connectivity index (χ1n) is 7.14. The zero-order chi connectivity index (χ0) is 16.4. The Labute approximate surface area is 137 Å². The Hall–Kier alpha value is -2.67. The van der Waals surface area contributed by atoms with Gasteiger partial charge in [-0.05, 0) is 6.92 Å². The molecule has 0 spiro atoms. The maximum Gasteiger partial charge on any atom is 0.239 e. The molecule has 6 nitrogen and oxygen atoms in total. The fourth-order valence-corrected chi connectivity index (χ4v) is 3.11. The molecule has 3 N–H and O–H groups in total. The minimum Gasteiger partial charge on any atom is -0.368 e. The normalized spacial score (nSPS) is 12.2. The van der Waals surface area contributed by atoms with Crippen molar-refractivity contribution >= 4 is 28.1 Å². The minimum absolute atomic E-state index is 0.169. The lowest BCUT2D eigenvalue weighted by atomic mass is 10.2. The summed E-state index contributed by atoms with van der Waals surface area (Å²) in [5.41, 5.74) is 7.87. The number of rotatable bonds is 5. The number of nitrogens with two attached hydrogens (primary N) is 1. The monoisotopic (exact) mass is 328 g/mol. The Morgan fingerprint density at radius 2 is 2.09 bits per heavy atom. The van der Waals surface area contributed by atoms with E-state index in [0.717, 1.165) is 21.9 Å². The van der Waals surface area contributed by atoms with Crippen LogP contribution in [0.15, 0.2) is 41.9 Å². The van der Waals surface area contributed by atoms with E-state index in [1.54, 1.807) is 6.92 Å². The molecule has 2 aromatic heterocycles. The highest BCUT2D eigenvalue weighted by molar-refractivity contribution is 7.15. The average molecular weight is 328 g/mol. The zero-order valence-electron chi connectivity index (χ0n) is 12.5.